The van der Waals surface area contributed by atoms with Crippen molar-refractivity contribution in [2.45, 2.75) is 20.1 Å². The van der Waals surface area contributed by atoms with Gasteiger partial charge in [0.2, 0.25) is 0 Å². The molecule has 0 bridgehead atoms. The predicted molar refractivity (Wildman–Crippen MR) is 63.3 cm³/mol. The van der Waals surface area contributed by atoms with Gasteiger partial charge in [0.15, 0.2) is 0 Å². The molecule has 80 valence electrons. The van der Waals surface area contributed by atoms with Crippen molar-refractivity contribution in [1.29, 1.82) is 0 Å². The lowest BCUT2D eigenvalue weighted by molar-refractivity contribution is 0.178. The van der Waals surface area contributed by atoms with E-state index < -0.39 is 0 Å². The molecule has 0 saturated carbocycles. The van der Waals surface area contributed by atoms with E-state index in [1.807, 2.05) is 12.1 Å². The van der Waals surface area contributed by atoms with Crippen molar-refractivity contribution in [3.05, 3.63) is 35.0 Å². The van der Waals surface area contributed by atoms with Crippen LogP contribution in [0.2, 0.25) is 5.02 Å². The van der Waals surface area contributed by atoms with Crippen molar-refractivity contribution < 1.29 is 4.74 Å². The van der Waals surface area contributed by atoms with Crippen LogP contribution in [0.5, 0.6) is 0 Å². The fourth-order valence-corrected chi connectivity index (χ4v) is 2.12. The highest BCUT2D eigenvalue weighted by molar-refractivity contribution is 6.31. The molecule has 1 aromatic heterocycles. The summed E-state index contributed by atoms with van der Waals surface area (Å²) in [5.41, 5.74) is 2.41. The number of hydrogen-bond donors (Lipinski definition) is 0. The maximum Gasteiger partial charge on any atom is 0.0864 e. The highest BCUT2D eigenvalue weighted by atomic mass is 35.5. The van der Waals surface area contributed by atoms with Crippen LogP contribution in [0.15, 0.2) is 24.3 Å². The molecule has 0 unspecified atom stereocenters. The van der Waals surface area contributed by atoms with Gasteiger partial charge in [0.25, 0.3) is 0 Å². The molecule has 0 amide bonds. The van der Waals surface area contributed by atoms with E-state index in [4.69, 9.17) is 16.3 Å². The second-order valence-corrected chi connectivity index (χ2v) is 3.95. The molecule has 1 aromatic carbocycles. The van der Waals surface area contributed by atoms with Crippen molar-refractivity contribution in [1.82, 2.24) is 4.57 Å². The van der Waals surface area contributed by atoms with Crippen LogP contribution in [-0.2, 0) is 17.9 Å². The number of hydrogen-bond acceptors (Lipinski definition) is 1. The number of aromatic nitrogens is 1. The summed E-state index contributed by atoms with van der Waals surface area (Å²) in [5, 5.41) is 1.95. The highest BCUT2D eigenvalue weighted by Crippen LogP contribution is 2.23. The molecule has 3 heteroatoms. The fourth-order valence-electron chi connectivity index (χ4n) is 1.94. The molecule has 15 heavy (non-hydrogen) atoms. The maximum atomic E-state index is 5.96. The monoisotopic (exact) mass is 223 g/mol. The minimum atomic E-state index is 0.639. The maximum absolute atomic E-state index is 5.96. The average Bonchev–Trinajstić information content (AvgIpc) is 2.54. The van der Waals surface area contributed by atoms with E-state index in [9.17, 15) is 0 Å². The van der Waals surface area contributed by atoms with Gasteiger partial charge in [0.1, 0.15) is 0 Å². The smallest absolute Gasteiger partial charge is 0.0864 e. The van der Waals surface area contributed by atoms with Gasteiger partial charge in [0.05, 0.1) is 6.61 Å². The number of ether oxygens (including phenoxy) is 1. The lowest BCUT2D eigenvalue weighted by Gasteiger charge is -2.06. The van der Waals surface area contributed by atoms with Crippen LogP contribution in [0.4, 0.5) is 0 Å². The zero-order valence-corrected chi connectivity index (χ0v) is 9.71. The van der Waals surface area contributed by atoms with Gasteiger partial charge in [-0.25, -0.2) is 0 Å². The van der Waals surface area contributed by atoms with Crippen LogP contribution in [0.25, 0.3) is 10.9 Å². The first kappa shape index (κ1) is 10.5. The third-order valence-electron chi connectivity index (χ3n) is 2.56. The minimum absolute atomic E-state index is 0.639. The molecule has 0 aliphatic heterocycles. The second-order valence-electron chi connectivity index (χ2n) is 3.52. The Labute approximate surface area is 94.4 Å². The van der Waals surface area contributed by atoms with Crippen LogP contribution in [0, 0.1) is 0 Å². The fraction of sp³-hybridized carbons (Fsp3) is 0.333. The van der Waals surface area contributed by atoms with Gasteiger partial charge in [-0.05, 0) is 31.2 Å². The Kier molecular flexibility index (Phi) is 2.98. The Morgan fingerprint density at radius 3 is 2.80 bits per heavy atom. The Balaban J connectivity index is 2.62. The van der Waals surface area contributed by atoms with E-state index in [2.05, 4.69) is 23.6 Å². The first-order valence-corrected chi connectivity index (χ1v) is 5.40. The summed E-state index contributed by atoms with van der Waals surface area (Å²) < 4.78 is 7.42. The van der Waals surface area contributed by atoms with Gasteiger partial charge in [0, 0.05) is 35.3 Å². The molecule has 1 heterocycles. The van der Waals surface area contributed by atoms with E-state index in [1.165, 1.54) is 16.6 Å². The van der Waals surface area contributed by atoms with Crippen LogP contribution < -0.4 is 0 Å². The normalized spacial score (nSPS) is 11.1. The van der Waals surface area contributed by atoms with Crippen LogP contribution >= 0.6 is 11.6 Å². The first-order chi connectivity index (χ1) is 7.26. The molecule has 2 aromatic rings. The number of halogens is 1. The summed E-state index contributed by atoms with van der Waals surface area (Å²) in [6, 6.07) is 8.10. The minimum Gasteiger partial charge on any atom is -0.378 e. The van der Waals surface area contributed by atoms with E-state index in [-0.39, 0.29) is 0 Å². The largest absolute Gasteiger partial charge is 0.378 e. The molecular weight excluding hydrogens is 210 g/mol. The second kappa shape index (κ2) is 4.25. The topological polar surface area (TPSA) is 14.2 Å². The Bertz CT molecular complexity index is 476. The van der Waals surface area contributed by atoms with E-state index in [0.717, 1.165) is 11.6 Å². The Hall–Kier alpha value is -0.990. The van der Waals surface area contributed by atoms with Crippen molar-refractivity contribution in [2.24, 2.45) is 0 Å². The average molecular weight is 224 g/mol. The lowest BCUT2D eigenvalue weighted by atomic mass is 10.2. The third kappa shape index (κ3) is 1.87. The molecule has 0 atom stereocenters. The third-order valence-corrected chi connectivity index (χ3v) is 2.79. The summed E-state index contributed by atoms with van der Waals surface area (Å²) in [6.07, 6.45) is 0. The molecule has 0 N–H and O–H groups in total. The zero-order valence-electron chi connectivity index (χ0n) is 8.96. The number of aryl methyl sites for hydroxylation is 1. The molecule has 2 nitrogen and oxygen atoms in total. The number of benzene rings is 1. The molecule has 0 aliphatic rings. The van der Waals surface area contributed by atoms with E-state index in [1.54, 1.807) is 7.11 Å². The highest BCUT2D eigenvalue weighted by Gasteiger charge is 2.07. The zero-order chi connectivity index (χ0) is 10.8. The number of nitrogens with zero attached hydrogens (tertiary/aromatic N) is 1. The Morgan fingerprint density at radius 1 is 1.33 bits per heavy atom. The molecule has 0 saturated heterocycles. The summed E-state index contributed by atoms with van der Waals surface area (Å²) in [6.45, 7) is 3.72. The van der Waals surface area contributed by atoms with Gasteiger partial charge >= 0.3 is 0 Å². The molecule has 0 radical (unpaired) electrons. The number of rotatable bonds is 3. The van der Waals surface area contributed by atoms with Gasteiger partial charge in [-0.3, -0.25) is 0 Å². The summed E-state index contributed by atoms with van der Waals surface area (Å²) in [4.78, 5) is 0. The van der Waals surface area contributed by atoms with Gasteiger partial charge in [-0.2, -0.15) is 0 Å². The van der Waals surface area contributed by atoms with Gasteiger partial charge < -0.3 is 9.30 Å². The molecule has 2 rings (SSSR count). The summed E-state index contributed by atoms with van der Waals surface area (Å²) in [7, 11) is 1.71. The lowest BCUT2D eigenvalue weighted by Crippen LogP contribution is -2.00. The first-order valence-electron chi connectivity index (χ1n) is 5.03. The quantitative estimate of drug-likeness (QED) is 0.777. The Morgan fingerprint density at radius 2 is 2.13 bits per heavy atom. The van der Waals surface area contributed by atoms with Crippen molar-refractivity contribution in [2.75, 3.05) is 7.11 Å². The number of fused-ring (bicyclic) bond motifs is 1. The SMILES string of the molecule is CCn1c(COC)cc2cc(Cl)ccc21. The number of methoxy groups -OCH3 is 1. The van der Waals surface area contributed by atoms with E-state index in [0.29, 0.717) is 6.61 Å². The standard InChI is InChI=1S/C12H14ClNO/c1-3-14-11(8-15-2)7-9-6-10(13)4-5-12(9)14/h4-7H,3,8H2,1-2H3. The summed E-state index contributed by atoms with van der Waals surface area (Å²) in [5.74, 6) is 0. The van der Waals surface area contributed by atoms with Crippen LogP contribution in [0.3, 0.4) is 0 Å². The van der Waals surface area contributed by atoms with Gasteiger partial charge in [-0.15, -0.1) is 0 Å². The molecule has 0 aliphatic carbocycles. The van der Waals surface area contributed by atoms with Crippen molar-refractivity contribution >= 4 is 22.5 Å². The van der Waals surface area contributed by atoms with Crippen molar-refractivity contribution in [3.63, 3.8) is 0 Å². The van der Waals surface area contributed by atoms with Crippen LogP contribution in [-0.4, -0.2) is 11.7 Å². The van der Waals surface area contributed by atoms with E-state index >= 15 is 0 Å². The van der Waals surface area contributed by atoms with Crippen LogP contribution in [0.1, 0.15) is 12.6 Å². The molecular formula is C12H14ClNO. The summed E-state index contributed by atoms with van der Waals surface area (Å²) >= 11 is 5.96. The molecule has 0 spiro atoms. The van der Waals surface area contributed by atoms with Crippen molar-refractivity contribution in [3.8, 4) is 0 Å². The molecule has 0 fully saturated rings. The van der Waals surface area contributed by atoms with Gasteiger partial charge in [-0.1, -0.05) is 11.6 Å². The predicted octanol–water partition coefficient (Wildman–Crippen LogP) is 3.46.